The maximum Gasteiger partial charge on any atom is 0.271 e. The van der Waals surface area contributed by atoms with E-state index in [2.05, 4.69) is 26.1 Å². The highest BCUT2D eigenvalue weighted by Crippen LogP contribution is 2.19. The largest absolute Gasteiger partial charge is 0.291 e. The second-order valence-electron chi connectivity index (χ2n) is 4.25. The van der Waals surface area contributed by atoms with Gasteiger partial charge < -0.3 is 0 Å². The summed E-state index contributed by atoms with van der Waals surface area (Å²) in [5.74, 6) is -0.551. The SMILES string of the molecule is O=C(NC1=Nc2ccccc2C(=O)NN1)c1cccnc1. The Kier molecular flexibility index (Phi) is 3.30. The lowest BCUT2D eigenvalue weighted by Gasteiger charge is -2.08. The molecule has 0 aliphatic carbocycles. The number of nitrogens with one attached hydrogen (secondary N) is 3. The van der Waals surface area contributed by atoms with Gasteiger partial charge in [0.05, 0.1) is 16.8 Å². The fraction of sp³-hybridized carbons (Fsp3) is 0. The van der Waals surface area contributed by atoms with Crippen molar-refractivity contribution in [2.75, 3.05) is 0 Å². The van der Waals surface area contributed by atoms with Gasteiger partial charge in [0, 0.05) is 12.4 Å². The fourth-order valence-electron chi connectivity index (χ4n) is 1.83. The van der Waals surface area contributed by atoms with E-state index in [1.54, 1.807) is 42.6 Å². The number of guanidine groups is 1. The Balaban J connectivity index is 1.85. The van der Waals surface area contributed by atoms with Gasteiger partial charge in [0.15, 0.2) is 0 Å². The summed E-state index contributed by atoms with van der Waals surface area (Å²) in [5.41, 5.74) is 6.33. The molecule has 7 nitrogen and oxygen atoms in total. The first-order valence-electron chi connectivity index (χ1n) is 6.19. The normalized spacial score (nSPS) is 13.1. The number of nitrogens with zero attached hydrogens (tertiary/aromatic N) is 2. The van der Waals surface area contributed by atoms with E-state index in [0.29, 0.717) is 16.8 Å². The predicted molar refractivity (Wildman–Crippen MR) is 75.8 cm³/mol. The van der Waals surface area contributed by atoms with Crippen molar-refractivity contribution in [2.24, 2.45) is 4.99 Å². The number of fused-ring (bicyclic) bond motifs is 1. The number of hydrogen-bond donors (Lipinski definition) is 3. The highest BCUT2D eigenvalue weighted by atomic mass is 16.2. The van der Waals surface area contributed by atoms with Crippen LogP contribution in [0.15, 0.2) is 53.8 Å². The van der Waals surface area contributed by atoms with Crippen LogP contribution in [0.2, 0.25) is 0 Å². The van der Waals surface area contributed by atoms with Crippen LogP contribution in [0.4, 0.5) is 5.69 Å². The van der Waals surface area contributed by atoms with Crippen molar-refractivity contribution in [3.8, 4) is 0 Å². The number of hydrazine groups is 1. The third-order valence-electron chi connectivity index (χ3n) is 2.83. The first-order valence-corrected chi connectivity index (χ1v) is 6.19. The van der Waals surface area contributed by atoms with Crippen LogP contribution < -0.4 is 16.2 Å². The van der Waals surface area contributed by atoms with Gasteiger partial charge in [0.1, 0.15) is 0 Å². The molecule has 0 saturated heterocycles. The van der Waals surface area contributed by atoms with Gasteiger partial charge in [0.25, 0.3) is 11.8 Å². The topological polar surface area (TPSA) is 95.5 Å². The Morgan fingerprint density at radius 1 is 1.10 bits per heavy atom. The van der Waals surface area contributed by atoms with Crippen LogP contribution in [-0.4, -0.2) is 22.8 Å². The van der Waals surface area contributed by atoms with E-state index >= 15 is 0 Å². The number of aliphatic imine (C=N–C) groups is 1. The Labute approximate surface area is 120 Å². The van der Waals surface area contributed by atoms with Gasteiger partial charge in [-0.25, -0.2) is 4.99 Å². The number of amides is 2. The van der Waals surface area contributed by atoms with Gasteiger partial charge in [-0.3, -0.25) is 30.7 Å². The minimum atomic E-state index is -0.372. The van der Waals surface area contributed by atoms with Crippen molar-refractivity contribution < 1.29 is 9.59 Å². The van der Waals surface area contributed by atoms with Crippen LogP contribution in [0.3, 0.4) is 0 Å². The number of carbonyl (C=O) groups is 2. The van der Waals surface area contributed by atoms with E-state index in [4.69, 9.17) is 0 Å². The van der Waals surface area contributed by atoms with Crippen LogP contribution >= 0.6 is 0 Å². The molecule has 104 valence electrons. The molecule has 0 atom stereocenters. The highest BCUT2D eigenvalue weighted by molar-refractivity contribution is 6.09. The smallest absolute Gasteiger partial charge is 0.271 e. The van der Waals surface area contributed by atoms with E-state index in [1.807, 2.05) is 0 Å². The average Bonchev–Trinajstić information content (AvgIpc) is 2.68. The molecule has 0 spiro atoms. The molecular weight excluding hydrogens is 270 g/mol. The molecule has 21 heavy (non-hydrogen) atoms. The van der Waals surface area contributed by atoms with Gasteiger partial charge in [-0.15, -0.1) is 0 Å². The summed E-state index contributed by atoms with van der Waals surface area (Å²) in [6, 6.07) is 10.1. The molecule has 2 heterocycles. The van der Waals surface area contributed by atoms with Gasteiger partial charge in [-0.2, -0.15) is 0 Å². The zero-order chi connectivity index (χ0) is 14.7. The number of para-hydroxylation sites is 1. The molecule has 2 aromatic rings. The zero-order valence-corrected chi connectivity index (χ0v) is 10.8. The summed E-state index contributed by atoms with van der Waals surface area (Å²) in [6.07, 6.45) is 3.02. The summed E-state index contributed by atoms with van der Waals surface area (Å²) in [4.78, 5) is 32.0. The molecule has 0 fully saturated rings. The number of hydrogen-bond acceptors (Lipinski definition) is 5. The standard InChI is InChI=1S/C14H11N5O2/c20-12(9-4-3-7-15-8-9)17-14-16-11-6-2-1-5-10(11)13(21)18-19-14/h1-8H,(H,18,21)(H2,16,17,19,20). The molecule has 1 aliphatic heterocycles. The fourth-order valence-corrected chi connectivity index (χ4v) is 1.83. The van der Waals surface area contributed by atoms with Gasteiger partial charge in [-0.1, -0.05) is 12.1 Å². The molecule has 2 amide bonds. The Bertz CT molecular complexity index is 727. The maximum atomic E-state index is 12.0. The van der Waals surface area contributed by atoms with Crippen LogP contribution in [0.5, 0.6) is 0 Å². The van der Waals surface area contributed by atoms with Crippen LogP contribution in [-0.2, 0) is 0 Å². The van der Waals surface area contributed by atoms with E-state index < -0.39 is 0 Å². The van der Waals surface area contributed by atoms with Crippen molar-refractivity contribution in [1.29, 1.82) is 0 Å². The zero-order valence-electron chi connectivity index (χ0n) is 10.8. The Hall–Kier alpha value is -3.22. The molecule has 1 aliphatic rings. The van der Waals surface area contributed by atoms with Crippen molar-refractivity contribution in [3.63, 3.8) is 0 Å². The molecule has 0 unspecified atom stereocenters. The summed E-state index contributed by atoms with van der Waals surface area (Å²) in [5, 5.41) is 2.58. The number of pyridine rings is 1. The number of carbonyl (C=O) groups excluding carboxylic acids is 2. The lowest BCUT2D eigenvalue weighted by molar-refractivity contribution is 0.0936. The molecule has 0 radical (unpaired) electrons. The van der Waals surface area contributed by atoms with E-state index in [-0.39, 0.29) is 17.8 Å². The van der Waals surface area contributed by atoms with Crippen molar-refractivity contribution >= 4 is 23.5 Å². The number of rotatable bonds is 1. The van der Waals surface area contributed by atoms with E-state index in [1.165, 1.54) is 6.20 Å². The first-order chi connectivity index (χ1) is 10.2. The van der Waals surface area contributed by atoms with Crippen molar-refractivity contribution in [3.05, 3.63) is 59.9 Å². The second-order valence-corrected chi connectivity index (χ2v) is 4.25. The molecule has 7 heteroatoms. The maximum absolute atomic E-state index is 12.0. The van der Waals surface area contributed by atoms with Crippen molar-refractivity contribution in [1.82, 2.24) is 21.2 Å². The predicted octanol–water partition coefficient (Wildman–Crippen LogP) is 0.747. The summed E-state index contributed by atoms with van der Waals surface area (Å²) in [7, 11) is 0. The number of aromatic nitrogens is 1. The van der Waals surface area contributed by atoms with Crippen LogP contribution in [0.25, 0.3) is 0 Å². The van der Waals surface area contributed by atoms with Crippen LogP contribution in [0.1, 0.15) is 20.7 Å². The molecule has 0 bridgehead atoms. The number of benzene rings is 1. The van der Waals surface area contributed by atoms with Gasteiger partial charge >= 0.3 is 0 Å². The minimum Gasteiger partial charge on any atom is -0.291 e. The monoisotopic (exact) mass is 281 g/mol. The molecule has 1 aromatic carbocycles. The van der Waals surface area contributed by atoms with E-state index in [0.717, 1.165) is 0 Å². The summed E-state index contributed by atoms with van der Waals surface area (Å²) >= 11 is 0. The quantitative estimate of drug-likeness (QED) is 0.718. The van der Waals surface area contributed by atoms with Crippen LogP contribution in [0, 0.1) is 0 Å². The first kappa shape index (κ1) is 12.8. The lowest BCUT2D eigenvalue weighted by Crippen LogP contribution is -2.48. The third-order valence-corrected chi connectivity index (χ3v) is 2.83. The molecule has 1 aromatic heterocycles. The molecule has 0 saturated carbocycles. The van der Waals surface area contributed by atoms with Gasteiger partial charge in [0.2, 0.25) is 5.96 Å². The highest BCUT2D eigenvalue weighted by Gasteiger charge is 2.17. The molecule has 3 rings (SSSR count). The minimum absolute atomic E-state index is 0.141. The summed E-state index contributed by atoms with van der Waals surface area (Å²) < 4.78 is 0. The average molecular weight is 281 g/mol. The Morgan fingerprint density at radius 3 is 2.76 bits per heavy atom. The third kappa shape index (κ3) is 2.71. The Morgan fingerprint density at radius 2 is 1.95 bits per heavy atom. The van der Waals surface area contributed by atoms with E-state index in [9.17, 15) is 9.59 Å². The van der Waals surface area contributed by atoms with Gasteiger partial charge in [-0.05, 0) is 24.3 Å². The molecular formula is C14H11N5O2. The molecule has 3 N–H and O–H groups in total. The van der Waals surface area contributed by atoms with Crippen molar-refractivity contribution in [2.45, 2.75) is 0 Å². The summed E-state index contributed by atoms with van der Waals surface area (Å²) in [6.45, 7) is 0. The lowest BCUT2D eigenvalue weighted by atomic mass is 10.2. The second kappa shape index (κ2) is 5.41.